The summed E-state index contributed by atoms with van der Waals surface area (Å²) in [4.78, 5) is 27.9. The first kappa shape index (κ1) is 17.8. The molecule has 0 aliphatic carbocycles. The average molecular weight is 367 g/mol. The third-order valence-corrected chi connectivity index (χ3v) is 4.69. The summed E-state index contributed by atoms with van der Waals surface area (Å²) in [7, 11) is 4.09. The highest BCUT2D eigenvalue weighted by atomic mass is 35.5. The molecule has 0 bridgehead atoms. The van der Waals surface area contributed by atoms with Gasteiger partial charge in [-0.1, -0.05) is 11.6 Å². The number of anilines is 2. The Balaban J connectivity index is 1.67. The van der Waals surface area contributed by atoms with Crippen LogP contribution in [-0.2, 0) is 4.79 Å². The van der Waals surface area contributed by atoms with E-state index in [1.165, 1.54) is 0 Å². The van der Waals surface area contributed by atoms with Crippen molar-refractivity contribution in [3.8, 4) is 5.75 Å². The fourth-order valence-electron chi connectivity index (χ4n) is 3.31. The Hall–Kier alpha value is -1.99. The molecule has 2 aliphatic rings. The molecule has 3 rings (SSSR count). The Morgan fingerprint density at radius 2 is 2.28 bits per heavy atom. The van der Waals surface area contributed by atoms with Gasteiger partial charge >= 0.3 is 6.03 Å². The third-order valence-electron chi connectivity index (χ3n) is 4.37. The van der Waals surface area contributed by atoms with Gasteiger partial charge in [0.2, 0.25) is 0 Å². The molecule has 0 saturated carbocycles. The van der Waals surface area contributed by atoms with Gasteiger partial charge in [-0.15, -0.1) is 0 Å². The van der Waals surface area contributed by atoms with Crippen molar-refractivity contribution >= 4 is 34.9 Å². The Bertz CT molecular complexity index is 680. The Morgan fingerprint density at radius 1 is 1.48 bits per heavy atom. The second-order valence-corrected chi connectivity index (χ2v) is 7.22. The minimum atomic E-state index is -0.222. The monoisotopic (exact) mass is 366 g/mol. The summed E-state index contributed by atoms with van der Waals surface area (Å²) in [6.45, 7) is 2.40. The van der Waals surface area contributed by atoms with Crippen LogP contribution < -0.4 is 15.4 Å². The highest BCUT2D eigenvalue weighted by molar-refractivity contribution is 6.34. The first-order valence-corrected chi connectivity index (χ1v) is 8.77. The zero-order chi connectivity index (χ0) is 18.0. The molecule has 0 unspecified atom stereocenters. The van der Waals surface area contributed by atoms with Gasteiger partial charge in [-0.3, -0.25) is 4.79 Å². The number of halogens is 1. The molecular formula is C17H23ClN4O3. The predicted octanol–water partition coefficient (Wildman–Crippen LogP) is 2.48. The van der Waals surface area contributed by atoms with Crippen LogP contribution in [0.1, 0.15) is 12.8 Å². The summed E-state index contributed by atoms with van der Waals surface area (Å²) in [5.74, 6) is 0.760. The van der Waals surface area contributed by atoms with E-state index in [1.54, 1.807) is 12.1 Å². The number of urea groups is 1. The highest BCUT2D eigenvalue weighted by Gasteiger charge is 2.25. The maximum absolute atomic E-state index is 12.6. The van der Waals surface area contributed by atoms with Crippen LogP contribution >= 0.6 is 11.6 Å². The molecule has 7 nitrogen and oxygen atoms in total. The van der Waals surface area contributed by atoms with E-state index in [4.69, 9.17) is 16.3 Å². The summed E-state index contributed by atoms with van der Waals surface area (Å²) in [6, 6.07) is 3.08. The van der Waals surface area contributed by atoms with Crippen LogP contribution in [0, 0.1) is 5.92 Å². The second kappa shape index (κ2) is 7.49. The number of nitrogens with one attached hydrogen (secondary N) is 2. The maximum Gasteiger partial charge on any atom is 0.321 e. The quantitative estimate of drug-likeness (QED) is 0.861. The average Bonchev–Trinajstić information content (AvgIpc) is 2.55. The molecule has 3 amide bonds. The molecule has 1 aromatic rings. The molecule has 0 aromatic heterocycles. The summed E-state index contributed by atoms with van der Waals surface area (Å²) in [5, 5.41) is 5.92. The van der Waals surface area contributed by atoms with Gasteiger partial charge in [0.1, 0.15) is 5.75 Å². The van der Waals surface area contributed by atoms with Gasteiger partial charge in [-0.25, -0.2) is 4.79 Å². The Kier molecular flexibility index (Phi) is 5.34. The predicted molar refractivity (Wildman–Crippen MR) is 97.4 cm³/mol. The molecule has 2 N–H and O–H groups in total. The number of hydrogen-bond acceptors (Lipinski definition) is 4. The van der Waals surface area contributed by atoms with Gasteiger partial charge in [0.15, 0.2) is 6.61 Å². The summed E-state index contributed by atoms with van der Waals surface area (Å²) >= 11 is 6.24. The SMILES string of the molecule is CN(C)C[C@H]1CCCN(C(=O)Nc2cc3c(cc2Cl)NC(=O)CO3)C1. The molecule has 25 heavy (non-hydrogen) atoms. The number of amides is 3. The number of carbonyl (C=O) groups is 2. The zero-order valence-corrected chi connectivity index (χ0v) is 15.2. The number of ether oxygens (including phenoxy) is 1. The van der Waals surface area contributed by atoms with E-state index in [9.17, 15) is 9.59 Å². The van der Waals surface area contributed by atoms with E-state index in [0.717, 1.165) is 32.5 Å². The van der Waals surface area contributed by atoms with Crippen LogP contribution in [0.15, 0.2) is 12.1 Å². The van der Waals surface area contributed by atoms with Crippen LogP contribution in [0.2, 0.25) is 5.02 Å². The number of rotatable bonds is 3. The molecule has 2 aliphatic heterocycles. The van der Waals surface area contributed by atoms with Crippen molar-refractivity contribution in [1.82, 2.24) is 9.80 Å². The minimum absolute atomic E-state index is 0.0413. The Labute approximate surface area is 152 Å². The summed E-state index contributed by atoms with van der Waals surface area (Å²) in [5.41, 5.74) is 1.000. The number of carbonyl (C=O) groups excluding carboxylic acids is 2. The van der Waals surface area contributed by atoms with Gasteiger partial charge in [-0.2, -0.15) is 0 Å². The van der Waals surface area contributed by atoms with E-state index in [1.807, 2.05) is 19.0 Å². The molecule has 8 heteroatoms. The van der Waals surface area contributed by atoms with Crippen molar-refractivity contribution in [2.24, 2.45) is 5.92 Å². The number of hydrogen-bond donors (Lipinski definition) is 2. The summed E-state index contributed by atoms with van der Waals surface area (Å²) in [6.07, 6.45) is 2.13. The smallest absolute Gasteiger partial charge is 0.321 e. The fraction of sp³-hybridized carbons (Fsp3) is 0.529. The maximum atomic E-state index is 12.6. The largest absolute Gasteiger partial charge is 0.482 e. The van der Waals surface area contributed by atoms with Crippen molar-refractivity contribution in [2.75, 3.05) is 51.0 Å². The second-order valence-electron chi connectivity index (χ2n) is 6.81. The highest BCUT2D eigenvalue weighted by Crippen LogP contribution is 2.36. The normalized spacial score (nSPS) is 19.9. The Morgan fingerprint density at radius 3 is 3.04 bits per heavy atom. The first-order chi connectivity index (χ1) is 11.9. The first-order valence-electron chi connectivity index (χ1n) is 8.39. The third kappa shape index (κ3) is 4.35. The fourth-order valence-corrected chi connectivity index (χ4v) is 3.52. The number of fused-ring (bicyclic) bond motifs is 1. The standard InChI is InChI=1S/C17H23ClN4O3/c1-21(2)8-11-4-3-5-22(9-11)17(24)20-13-7-15-14(6-12(13)18)19-16(23)10-25-15/h6-7,11H,3-5,8-10H2,1-2H3,(H,19,23)(H,20,24)/t11-/m1/s1. The van der Waals surface area contributed by atoms with Crippen LogP contribution in [0.25, 0.3) is 0 Å². The molecular weight excluding hydrogens is 344 g/mol. The van der Waals surface area contributed by atoms with Crippen molar-refractivity contribution < 1.29 is 14.3 Å². The van der Waals surface area contributed by atoms with E-state index >= 15 is 0 Å². The van der Waals surface area contributed by atoms with Crippen LogP contribution in [0.4, 0.5) is 16.2 Å². The lowest BCUT2D eigenvalue weighted by atomic mass is 9.98. The van der Waals surface area contributed by atoms with E-state index in [-0.39, 0.29) is 18.5 Å². The number of nitrogens with zero attached hydrogens (tertiary/aromatic N) is 2. The molecule has 1 saturated heterocycles. The van der Waals surface area contributed by atoms with Gasteiger partial charge in [-0.05, 0) is 38.9 Å². The lowest BCUT2D eigenvalue weighted by Gasteiger charge is -2.34. The van der Waals surface area contributed by atoms with E-state index in [0.29, 0.717) is 28.1 Å². The summed E-state index contributed by atoms with van der Waals surface area (Å²) < 4.78 is 5.38. The lowest BCUT2D eigenvalue weighted by Crippen LogP contribution is -2.44. The molecule has 0 radical (unpaired) electrons. The molecule has 2 heterocycles. The van der Waals surface area contributed by atoms with Gasteiger partial charge in [0.25, 0.3) is 5.91 Å². The van der Waals surface area contributed by atoms with Crippen LogP contribution in [0.3, 0.4) is 0 Å². The van der Waals surface area contributed by atoms with E-state index < -0.39 is 0 Å². The lowest BCUT2D eigenvalue weighted by molar-refractivity contribution is -0.118. The van der Waals surface area contributed by atoms with Gasteiger partial charge in [0.05, 0.1) is 16.4 Å². The van der Waals surface area contributed by atoms with Crippen molar-refractivity contribution in [3.05, 3.63) is 17.2 Å². The molecule has 136 valence electrons. The van der Waals surface area contributed by atoms with Crippen molar-refractivity contribution in [3.63, 3.8) is 0 Å². The van der Waals surface area contributed by atoms with Crippen molar-refractivity contribution in [1.29, 1.82) is 0 Å². The zero-order valence-electron chi connectivity index (χ0n) is 14.5. The van der Waals surface area contributed by atoms with Crippen LogP contribution in [0.5, 0.6) is 5.75 Å². The van der Waals surface area contributed by atoms with Crippen LogP contribution in [-0.4, -0.2) is 62.1 Å². The number of benzene rings is 1. The van der Waals surface area contributed by atoms with Gasteiger partial charge < -0.3 is 25.2 Å². The number of likely N-dealkylation sites (tertiary alicyclic amines) is 1. The number of piperidine rings is 1. The minimum Gasteiger partial charge on any atom is -0.482 e. The molecule has 1 fully saturated rings. The topological polar surface area (TPSA) is 73.9 Å². The molecule has 0 spiro atoms. The van der Waals surface area contributed by atoms with E-state index in [2.05, 4.69) is 15.5 Å². The molecule has 1 aromatic carbocycles. The molecule has 1 atom stereocenters. The van der Waals surface area contributed by atoms with Crippen molar-refractivity contribution in [2.45, 2.75) is 12.8 Å². The van der Waals surface area contributed by atoms with Gasteiger partial charge in [0, 0.05) is 25.7 Å².